The first-order valence-corrected chi connectivity index (χ1v) is 7.46. The lowest BCUT2D eigenvalue weighted by molar-refractivity contribution is 0.628. The molecule has 0 unspecified atom stereocenters. The zero-order chi connectivity index (χ0) is 16.5. The maximum atomic E-state index is 13.4. The van der Waals surface area contributed by atoms with Crippen LogP contribution < -0.4 is 5.56 Å². The van der Waals surface area contributed by atoms with E-state index in [-0.39, 0.29) is 11.4 Å². The third kappa shape index (κ3) is 2.58. The maximum absolute atomic E-state index is 13.4. The quantitative estimate of drug-likeness (QED) is 0.631. The van der Waals surface area contributed by atoms with Gasteiger partial charge in [0.25, 0.3) is 5.56 Å². The van der Waals surface area contributed by atoms with Crippen molar-refractivity contribution in [3.63, 3.8) is 0 Å². The van der Waals surface area contributed by atoms with Gasteiger partial charge in [0, 0.05) is 12.1 Å². The number of aromatic nitrogens is 4. The molecule has 0 aliphatic heterocycles. The fraction of sp³-hybridized carbons (Fsp3) is 0.0556. The Labute approximate surface area is 136 Å². The first kappa shape index (κ1) is 14.3. The second kappa shape index (κ2) is 5.73. The molecule has 1 N–H and O–H groups in total. The third-order valence-electron chi connectivity index (χ3n) is 3.78. The Morgan fingerprint density at radius 1 is 1.08 bits per heavy atom. The van der Waals surface area contributed by atoms with Crippen LogP contribution in [0.4, 0.5) is 4.39 Å². The minimum absolute atomic E-state index is 0.298. The highest BCUT2D eigenvalue weighted by Crippen LogP contribution is 2.17. The molecule has 6 heteroatoms. The van der Waals surface area contributed by atoms with Gasteiger partial charge < -0.3 is 9.55 Å². The van der Waals surface area contributed by atoms with Crippen molar-refractivity contribution in [1.29, 1.82) is 0 Å². The molecule has 2 aromatic carbocycles. The van der Waals surface area contributed by atoms with Gasteiger partial charge in [0.15, 0.2) is 11.2 Å². The lowest BCUT2D eigenvalue weighted by Crippen LogP contribution is -2.13. The molecule has 0 saturated carbocycles. The zero-order valence-electron chi connectivity index (χ0n) is 12.6. The van der Waals surface area contributed by atoms with Gasteiger partial charge in [0.05, 0.1) is 6.33 Å². The molecule has 118 valence electrons. The number of rotatable bonds is 3. The van der Waals surface area contributed by atoms with Crippen LogP contribution in [0.2, 0.25) is 0 Å². The number of hydrogen-bond acceptors (Lipinski definition) is 3. The van der Waals surface area contributed by atoms with E-state index in [0.717, 1.165) is 5.56 Å². The number of H-pyrrole nitrogens is 1. The normalized spacial score (nSPS) is 11.0. The minimum atomic E-state index is -0.384. The van der Waals surface area contributed by atoms with Crippen LogP contribution in [-0.4, -0.2) is 19.5 Å². The lowest BCUT2D eigenvalue weighted by atomic mass is 10.2. The summed E-state index contributed by atoms with van der Waals surface area (Å²) in [5.41, 5.74) is 2.01. The Morgan fingerprint density at radius 3 is 2.71 bits per heavy atom. The molecule has 0 amide bonds. The van der Waals surface area contributed by atoms with Gasteiger partial charge >= 0.3 is 0 Å². The van der Waals surface area contributed by atoms with Crippen LogP contribution in [0, 0.1) is 5.82 Å². The zero-order valence-corrected chi connectivity index (χ0v) is 12.6. The Morgan fingerprint density at radius 2 is 1.92 bits per heavy atom. The molecule has 2 aromatic heterocycles. The summed E-state index contributed by atoms with van der Waals surface area (Å²) >= 11 is 0. The van der Waals surface area contributed by atoms with E-state index in [0.29, 0.717) is 29.1 Å². The first-order valence-electron chi connectivity index (χ1n) is 7.46. The van der Waals surface area contributed by atoms with Crippen molar-refractivity contribution >= 4 is 11.2 Å². The van der Waals surface area contributed by atoms with E-state index in [4.69, 9.17) is 0 Å². The maximum Gasteiger partial charge on any atom is 0.277 e. The van der Waals surface area contributed by atoms with Gasteiger partial charge in [0.1, 0.15) is 11.6 Å². The topological polar surface area (TPSA) is 63.6 Å². The van der Waals surface area contributed by atoms with Gasteiger partial charge in [-0.25, -0.2) is 14.4 Å². The number of fused-ring (bicyclic) bond motifs is 1. The molecule has 0 atom stereocenters. The van der Waals surface area contributed by atoms with E-state index in [2.05, 4.69) is 15.0 Å². The number of hydrogen-bond donors (Lipinski definition) is 1. The standard InChI is InChI=1S/C18H13FN4O/c19-14-8-4-7-13(9-14)16-21-17-15(18(24)22-16)23(11-20-17)10-12-5-2-1-3-6-12/h1-9,11H,10H2,(H,21,22,24). The molecule has 24 heavy (non-hydrogen) atoms. The number of nitrogens with one attached hydrogen (secondary N) is 1. The minimum Gasteiger partial charge on any atom is -0.320 e. The van der Waals surface area contributed by atoms with Crippen molar-refractivity contribution in [2.45, 2.75) is 6.54 Å². The molecule has 0 fully saturated rings. The van der Waals surface area contributed by atoms with Crippen molar-refractivity contribution in [3.05, 3.63) is 82.7 Å². The van der Waals surface area contributed by atoms with Crippen LogP contribution in [-0.2, 0) is 6.54 Å². The summed E-state index contributed by atoms with van der Waals surface area (Å²) in [7, 11) is 0. The largest absolute Gasteiger partial charge is 0.320 e. The van der Waals surface area contributed by atoms with E-state index in [1.165, 1.54) is 12.1 Å². The van der Waals surface area contributed by atoms with Crippen LogP contribution in [0.25, 0.3) is 22.6 Å². The fourth-order valence-corrected chi connectivity index (χ4v) is 2.66. The summed E-state index contributed by atoms with van der Waals surface area (Å²) in [4.78, 5) is 23.8. The highest BCUT2D eigenvalue weighted by molar-refractivity contribution is 5.72. The molecule has 2 heterocycles. The van der Waals surface area contributed by atoms with Crippen molar-refractivity contribution in [1.82, 2.24) is 19.5 Å². The van der Waals surface area contributed by atoms with Crippen molar-refractivity contribution in [3.8, 4) is 11.4 Å². The van der Waals surface area contributed by atoms with Gasteiger partial charge in [-0.1, -0.05) is 42.5 Å². The molecule has 0 aliphatic rings. The molecular weight excluding hydrogens is 307 g/mol. The summed E-state index contributed by atoms with van der Waals surface area (Å²) in [5, 5.41) is 0. The van der Waals surface area contributed by atoms with Gasteiger partial charge in [-0.3, -0.25) is 4.79 Å². The Balaban J connectivity index is 1.80. The van der Waals surface area contributed by atoms with Crippen LogP contribution in [0.5, 0.6) is 0 Å². The second-order valence-electron chi connectivity index (χ2n) is 5.46. The molecule has 0 aliphatic carbocycles. The fourth-order valence-electron chi connectivity index (χ4n) is 2.66. The summed E-state index contributed by atoms with van der Waals surface area (Å²) in [6.07, 6.45) is 1.59. The SMILES string of the molecule is O=c1[nH]c(-c2cccc(F)c2)nc2ncn(Cc3ccccc3)c12. The van der Waals surface area contributed by atoms with Crippen LogP contribution in [0.3, 0.4) is 0 Å². The number of halogens is 1. The van der Waals surface area contributed by atoms with E-state index < -0.39 is 0 Å². The van der Waals surface area contributed by atoms with Crippen LogP contribution >= 0.6 is 0 Å². The van der Waals surface area contributed by atoms with Gasteiger partial charge in [-0.2, -0.15) is 0 Å². The Kier molecular flexibility index (Phi) is 3.42. The highest BCUT2D eigenvalue weighted by Gasteiger charge is 2.12. The molecule has 0 radical (unpaired) electrons. The van der Waals surface area contributed by atoms with Gasteiger partial charge in [0.2, 0.25) is 0 Å². The monoisotopic (exact) mass is 320 g/mol. The summed E-state index contributed by atoms with van der Waals surface area (Å²) < 4.78 is 15.1. The molecule has 4 rings (SSSR count). The molecule has 0 spiro atoms. The number of aromatic amines is 1. The highest BCUT2D eigenvalue weighted by atomic mass is 19.1. The van der Waals surface area contributed by atoms with Crippen molar-refractivity contribution in [2.24, 2.45) is 0 Å². The van der Waals surface area contributed by atoms with Crippen LogP contribution in [0.1, 0.15) is 5.56 Å². The summed E-state index contributed by atoms with van der Waals surface area (Å²) in [5.74, 6) is -0.0817. The number of benzene rings is 2. The molecule has 0 saturated heterocycles. The van der Waals surface area contributed by atoms with E-state index in [1.807, 2.05) is 30.3 Å². The Hall–Kier alpha value is -3.28. The predicted octanol–water partition coefficient (Wildman–Crippen LogP) is 2.97. The van der Waals surface area contributed by atoms with Crippen molar-refractivity contribution in [2.75, 3.05) is 0 Å². The number of imidazole rings is 1. The average molecular weight is 320 g/mol. The third-order valence-corrected chi connectivity index (χ3v) is 3.78. The molecule has 5 nitrogen and oxygen atoms in total. The summed E-state index contributed by atoms with van der Waals surface area (Å²) in [6, 6.07) is 15.7. The molecule has 4 aromatic rings. The summed E-state index contributed by atoms with van der Waals surface area (Å²) in [6.45, 7) is 0.529. The van der Waals surface area contributed by atoms with Gasteiger partial charge in [-0.05, 0) is 17.7 Å². The number of nitrogens with zero attached hydrogens (tertiary/aromatic N) is 3. The molecule has 0 bridgehead atoms. The smallest absolute Gasteiger partial charge is 0.277 e. The Bertz CT molecular complexity index is 1070. The van der Waals surface area contributed by atoms with E-state index in [9.17, 15) is 9.18 Å². The molecular formula is C18H13FN4O. The van der Waals surface area contributed by atoms with E-state index >= 15 is 0 Å². The van der Waals surface area contributed by atoms with Crippen LogP contribution in [0.15, 0.2) is 65.7 Å². The lowest BCUT2D eigenvalue weighted by Gasteiger charge is -2.05. The first-order chi connectivity index (χ1) is 11.7. The average Bonchev–Trinajstić information content (AvgIpc) is 2.99. The predicted molar refractivity (Wildman–Crippen MR) is 89.1 cm³/mol. The second-order valence-corrected chi connectivity index (χ2v) is 5.46. The van der Waals surface area contributed by atoms with E-state index in [1.54, 1.807) is 23.0 Å². The van der Waals surface area contributed by atoms with Crippen molar-refractivity contribution < 1.29 is 4.39 Å². The van der Waals surface area contributed by atoms with Gasteiger partial charge in [-0.15, -0.1) is 0 Å².